The number of aliphatic hydroxyl groups is 1. The van der Waals surface area contributed by atoms with E-state index in [1.807, 2.05) is 42.5 Å². The first kappa shape index (κ1) is 85.2. The van der Waals surface area contributed by atoms with Crippen molar-refractivity contribution in [2.75, 3.05) is 26.2 Å². The van der Waals surface area contributed by atoms with E-state index in [4.69, 9.17) is 44.4 Å². The number of urea groups is 1. The average molecular weight is 1490 g/mol. The van der Waals surface area contributed by atoms with Gasteiger partial charge in [-0.3, -0.25) is 67.5 Å². The standard InChI is InChI=1S/C70H92ClN17O14.C2H4O2/c1-39(2)31-52(61(94)82-51(15-9-28-77-69(73)74)68(101)88-30-10-16-58(88)67(100)79-40(3)59(72)92)83-60(93)50(14-8-29-78-70(75)102)81-63(96)54(34-43-20-25-49(91)26-21-43)86-66(99)57(38-89)87-65(98)56(36-45-11-7-27-76-37-45)85-64(97)55(33-42-18-23-48(71)24-19-42)84-62(95)53(80-41(4)90)35-44-17-22-46-12-5-6-13-47(46)32-44;1-2(3)4/h5-7,11-13,17-27,32,37,39-40,50-58,89,91H,8-10,14-16,28-31,33-36,38H2,1-4H3,(H2,72,92)(H,79,100)(H,80,90)(H,81,96)(H,82,94)(H,83,93)(H,84,95)(H,85,97)(H,86,99)(H,87,98)(H4,73,74,77)(H3,75,78,102);1H3,(H,3,4)/t40-,50-,51+,52+,53-,54+,55-,56-,57+,58?;/m1./s1. The molecular formula is C72H96ClN17O16. The highest BCUT2D eigenvalue weighted by atomic mass is 35.5. The highest BCUT2D eigenvalue weighted by molar-refractivity contribution is 6.30. The van der Waals surface area contributed by atoms with Crippen LogP contribution < -0.4 is 76.1 Å². The van der Waals surface area contributed by atoms with Crippen LogP contribution in [-0.2, 0) is 83.2 Å². The number of guanidine groups is 1. The first-order valence-electron chi connectivity index (χ1n) is 34.4. The van der Waals surface area contributed by atoms with Crippen LogP contribution in [0, 0.1) is 5.92 Å². The second-order valence-electron chi connectivity index (χ2n) is 25.9. The predicted octanol–water partition coefficient (Wildman–Crippen LogP) is -0.625. The molecule has 2 heterocycles. The summed E-state index contributed by atoms with van der Waals surface area (Å²) in [7, 11) is 0. The number of pyridine rings is 1. The molecule has 106 heavy (non-hydrogen) atoms. The van der Waals surface area contributed by atoms with Crippen molar-refractivity contribution >= 4 is 105 Å². The Morgan fingerprint density at radius 1 is 0.566 bits per heavy atom. The molecule has 33 nitrogen and oxygen atoms in total. The molecular weight excluding hydrogens is 1390 g/mol. The van der Waals surface area contributed by atoms with Gasteiger partial charge in [0.2, 0.25) is 65.0 Å². The van der Waals surface area contributed by atoms with Crippen LogP contribution >= 0.6 is 11.6 Å². The third-order valence-corrected chi connectivity index (χ3v) is 16.9. The van der Waals surface area contributed by atoms with Gasteiger partial charge in [-0.15, -0.1) is 0 Å². The normalized spacial score (nSPS) is 14.9. The first-order chi connectivity index (χ1) is 50.3. The maximum Gasteiger partial charge on any atom is 0.312 e. The van der Waals surface area contributed by atoms with Gasteiger partial charge in [0, 0.05) is 76.6 Å². The van der Waals surface area contributed by atoms with Crippen LogP contribution in [0.25, 0.3) is 10.8 Å². The zero-order valence-corrected chi connectivity index (χ0v) is 60.4. The number of aromatic nitrogens is 1. The van der Waals surface area contributed by atoms with Crippen LogP contribution in [0.2, 0.25) is 5.02 Å². The number of halogens is 1. The van der Waals surface area contributed by atoms with Gasteiger partial charge < -0.3 is 96.3 Å². The van der Waals surface area contributed by atoms with Gasteiger partial charge in [0.25, 0.3) is 5.97 Å². The number of nitrogens with one attached hydrogen (secondary N) is 10. The van der Waals surface area contributed by atoms with Crippen LogP contribution in [0.15, 0.2) is 121 Å². The smallest absolute Gasteiger partial charge is 0.312 e. The summed E-state index contributed by atoms with van der Waals surface area (Å²) in [6.07, 6.45) is 2.70. The molecule has 5 aromatic rings. The van der Waals surface area contributed by atoms with Crippen molar-refractivity contribution in [2.24, 2.45) is 33.8 Å². The number of benzene rings is 4. The Hall–Kier alpha value is -11.5. The van der Waals surface area contributed by atoms with Gasteiger partial charge in [0.15, 0.2) is 5.96 Å². The monoisotopic (exact) mass is 1490 g/mol. The van der Waals surface area contributed by atoms with Crippen LogP contribution in [0.5, 0.6) is 5.75 Å². The number of carbonyl (C=O) groups is 13. The third-order valence-electron chi connectivity index (χ3n) is 16.7. The van der Waals surface area contributed by atoms with E-state index >= 15 is 0 Å². The van der Waals surface area contributed by atoms with Crippen molar-refractivity contribution in [1.82, 2.24) is 63.1 Å². The molecule has 0 bridgehead atoms. The number of likely N-dealkylation sites (tertiary alicyclic amines) is 1. The number of aliphatic carboxylic acids is 1. The van der Waals surface area contributed by atoms with E-state index in [1.165, 1.54) is 55.4 Å². The van der Waals surface area contributed by atoms with Gasteiger partial charge >= 0.3 is 6.03 Å². The number of primary amides is 2. The maximum atomic E-state index is 14.9. The summed E-state index contributed by atoms with van der Waals surface area (Å²) in [5, 5.41) is 57.0. The van der Waals surface area contributed by atoms with E-state index in [1.54, 1.807) is 50.2 Å². The van der Waals surface area contributed by atoms with E-state index in [2.05, 4.69) is 63.1 Å². The summed E-state index contributed by atoms with van der Waals surface area (Å²) in [5.74, 6) is -10.7. The minimum atomic E-state index is -1.85. The Morgan fingerprint density at radius 3 is 1.58 bits per heavy atom. The van der Waals surface area contributed by atoms with Crippen LogP contribution in [-0.4, -0.2) is 195 Å². The van der Waals surface area contributed by atoms with Crippen molar-refractivity contribution in [3.05, 3.63) is 143 Å². The SMILES string of the molecule is CC(=O)N[C@H](Cc1ccc2ccccc2c1)C(=O)N[C@H](Cc1ccc(Cl)cc1)C(=O)N[C@H](Cc1cccnc1)C(=O)N[C@@H](CO)C(=O)N[C@@H](Cc1ccc(O)cc1)C(=O)N[C@H](CCCNC(N)=O)C(=O)N[C@@H](CC(C)C)C(=O)N[C@@H](CCCN=C(N)N)C(=O)N1CCCC1C(=O)N[C@H](C)C(N)=O.CC(=O)O. The maximum absolute atomic E-state index is 14.9. The Balaban J connectivity index is 0.00000491. The zero-order chi connectivity index (χ0) is 78.2. The van der Waals surface area contributed by atoms with Crippen LogP contribution in [0.4, 0.5) is 4.79 Å². The molecule has 572 valence electrons. The van der Waals surface area contributed by atoms with Crippen molar-refractivity contribution < 1.29 is 77.6 Å². The van der Waals surface area contributed by atoms with Crippen molar-refractivity contribution in [2.45, 2.75) is 166 Å². The Morgan fingerprint density at radius 2 is 1.05 bits per heavy atom. The summed E-state index contributed by atoms with van der Waals surface area (Å²) in [4.78, 5) is 185. The van der Waals surface area contributed by atoms with Gasteiger partial charge in [-0.1, -0.05) is 98.2 Å². The molecule has 0 aliphatic carbocycles. The molecule has 1 fully saturated rings. The lowest BCUT2D eigenvalue weighted by atomic mass is 9.99. The fraction of sp³-hybridized carbons (Fsp3) is 0.431. The predicted molar refractivity (Wildman–Crippen MR) is 392 cm³/mol. The number of amides is 13. The molecule has 6 rings (SSSR count). The number of nitrogens with zero attached hydrogens (tertiary/aromatic N) is 3. The molecule has 0 radical (unpaired) electrons. The summed E-state index contributed by atoms with van der Waals surface area (Å²) in [6, 6.07) is 13.5. The van der Waals surface area contributed by atoms with Crippen molar-refractivity contribution in [1.29, 1.82) is 0 Å². The number of carboxylic acids is 1. The topological polar surface area (TPSA) is 535 Å². The number of hydrogen-bond donors (Lipinski definition) is 17. The molecule has 34 heteroatoms. The van der Waals surface area contributed by atoms with Crippen LogP contribution in [0.3, 0.4) is 0 Å². The van der Waals surface area contributed by atoms with Crippen LogP contribution in [0.1, 0.15) is 102 Å². The van der Waals surface area contributed by atoms with E-state index in [-0.39, 0.29) is 101 Å². The number of phenols is 1. The lowest BCUT2D eigenvalue weighted by Crippen LogP contribution is -2.61. The zero-order valence-electron chi connectivity index (χ0n) is 59.6. The average Bonchev–Trinajstić information content (AvgIpc) is 1.47. The molecule has 13 amide bonds. The Bertz CT molecular complexity index is 3880. The minimum Gasteiger partial charge on any atom is -0.508 e. The molecule has 4 aromatic carbocycles. The molecule has 0 saturated carbocycles. The van der Waals surface area contributed by atoms with Gasteiger partial charge in [-0.2, -0.15) is 0 Å². The quantitative estimate of drug-likeness (QED) is 0.0133. The molecule has 21 N–H and O–H groups in total. The highest BCUT2D eigenvalue weighted by Gasteiger charge is 2.40. The number of carbonyl (C=O) groups excluding carboxylic acids is 12. The number of rotatable bonds is 38. The molecule has 1 aliphatic rings. The number of aliphatic hydroxyl groups excluding tert-OH is 1. The molecule has 10 atom stereocenters. The first-order valence-corrected chi connectivity index (χ1v) is 34.8. The number of nitrogens with two attached hydrogens (primary N) is 4. The van der Waals surface area contributed by atoms with Gasteiger partial charge in [-0.05, 0) is 121 Å². The largest absolute Gasteiger partial charge is 0.508 e. The van der Waals surface area contributed by atoms with Crippen molar-refractivity contribution in [3.8, 4) is 5.75 Å². The third kappa shape index (κ3) is 29.3. The van der Waals surface area contributed by atoms with Gasteiger partial charge in [0.05, 0.1) is 6.61 Å². The Labute approximate surface area is 617 Å². The second-order valence-corrected chi connectivity index (χ2v) is 26.3. The lowest BCUT2D eigenvalue weighted by Gasteiger charge is -2.31. The fourth-order valence-corrected chi connectivity index (χ4v) is 11.5. The van der Waals surface area contributed by atoms with E-state index in [0.29, 0.717) is 33.7 Å². The molecule has 1 aromatic heterocycles. The number of carboxylic acid groups (broad SMARTS) is 1. The fourth-order valence-electron chi connectivity index (χ4n) is 11.4. The number of hydrogen-bond acceptors (Lipinski definition) is 17. The summed E-state index contributed by atoms with van der Waals surface area (Å²) >= 11 is 6.23. The Kier molecular flexibility index (Phi) is 34.5. The van der Waals surface area contributed by atoms with E-state index in [9.17, 15) is 67.7 Å². The lowest BCUT2D eigenvalue weighted by molar-refractivity contribution is -0.142. The molecule has 1 aliphatic heterocycles. The molecule has 0 spiro atoms. The minimum absolute atomic E-state index is 0.000209. The van der Waals surface area contributed by atoms with Gasteiger partial charge in [0.1, 0.15) is 66.2 Å². The summed E-state index contributed by atoms with van der Waals surface area (Å²) in [5.41, 5.74) is 23.9. The number of aliphatic imine (C=N–C) groups is 1. The number of phenolic OH excluding ortho intramolecular Hbond substituents is 1. The van der Waals surface area contributed by atoms with E-state index < -0.39 is 144 Å². The molecule has 1 saturated heterocycles. The summed E-state index contributed by atoms with van der Waals surface area (Å²) in [6.45, 7) is 6.23. The second kappa shape index (κ2) is 43.0. The van der Waals surface area contributed by atoms with Gasteiger partial charge in [-0.25, -0.2) is 4.79 Å². The number of fused-ring (bicyclic) bond motifs is 1. The number of aromatic hydroxyl groups is 1. The highest BCUT2D eigenvalue weighted by Crippen LogP contribution is 2.22. The summed E-state index contributed by atoms with van der Waals surface area (Å²) < 4.78 is 0. The molecule has 1 unspecified atom stereocenters. The van der Waals surface area contributed by atoms with Crippen molar-refractivity contribution in [3.63, 3.8) is 0 Å². The van der Waals surface area contributed by atoms with E-state index in [0.717, 1.165) is 17.7 Å².